The first-order chi connectivity index (χ1) is 9.33. The van der Waals surface area contributed by atoms with Gasteiger partial charge in [-0.25, -0.2) is 0 Å². The molecule has 0 aliphatic heterocycles. The third kappa shape index (κ3) is 6.28. The summed E-state index contributed by atoms with van der Waals surface area (Å²) in [5.74, 6) is 0. The zero-order valence-corrected chi connectivity index (χ0v) is 14.0. The molecule has 0 nitrogen and oxygen atoms in total. The SMILES string of the molecule is [CH2-]CC[PH+](c1ccccc1)c1ccccc1.[Cl][Ni+][Cl]. The van der Waals surface area contributed by atoms with E-state index in [1.54, 1.807) is 0 Å². The molecule has 0 N–H and O–H groups in total. The summed E-state index contributed by atoms with van der Waals surface area (Å²) >= 11 is 0.569. The summed E-state index contributed by atoms with van der Waals surface area (Å²) in [6, 6.07) is 21.7. The summed E-state index contributed by atoms with van der Waals surface area (Å²) in [6.45, 7) is 4.00. The Bertz CT molecular complexity index is 397. The predicted octanol–water partition coefficient (Wildman–Crippen LogP) is 4.45. The molecule has 4 heteroatoms. The van der Waals surface area contributed by atoms with Gasteiger partial charge in [0.2, 0.25) is 0 Å². The summed E-state index contributed by atoms with van der Waals surface area (Å²) in [5.41, 5.74) is 0. The fourth-order valence-electron chi connectivity index (χ4n) is 1.91. The fourth-order valence-corrected chi connectivity index (χ4v) is 4.36. The molecule has 2 rings (SSSR count). The molecule has 0 aromatic heterocycles. The van der Waals surface area contributed by atoms with Gasteiger partial charge in [0.15, 0.2) is 0 Å². The van der Waals surface area contributed by atoms with E-state index in [-0.39, 0.29) is 0 Å². The standard InChI is InChI=1S/C15H16P.2ClH.Ni/c1-2-13-16(14-9-5-3-6-10-14)15-11-7-4-8-12-15;;;/h3-12H,1-2,13H2;2*1H;/q-1;;;+3/p-1. The average molecular weight is 358 g/mol. The van der Waals surface area contributed by atoms with Crippen LogP contribution in [0, 0.1) is 6.92 Å². The molecule has 105 valence electrons. The Morgan fingerprint density at radius 2 is 1.21 bits per heavy atom. The van der Waals surface area contributed by atoms with E-state index in [9.17, 15) is 0 Å². The second-order valence-corrected chi connectivity index (χ2v) is 8.10. The molecule has 2 aromatic rings. The van der Waals surface area contributed by atoms with Crippen LogP contribution in [0.1, 0.15) is 6.42 Å². The van der Waals surface area contributed by atoms with Crippen LogP contribution < -0.4 is 10.6 Å². The van der Waals surface area contributed by atoms with Gasteiger partial charge in [-0.1, -0.05) is 36.4 Å². The minimum atomic E-state index is -0.613. The Morgan fingerprint density at radius 1 is 0.842 bits per heavy atom. The van der Waals surface area contributed by atoms with Crippen LogP contribution in [-0.4, -0.2) is 6.16 Å². The topological polar surface area (TPSA) is 0 Å². The van der Waals surface area contributed by atoms with Crippen molar-refractivity contribution in [2.24, 2.45) is 0 Å². The molecule has 0 atom stereocenters. The maximum atomic E-state index is 4.70. The molecule has 0 amide bonds. The summed E-state index contributed by atoms with van der Waals surface area (Å²) < 4.78 is 0. The summed E-state index contributed by atoms with van der Waals surface area (Å²) in [4.78, 5) is 0. The van der Waals surface area contributed by atoms with Crippen molar-refractivity contribution in [1.82, 2.24) is 0 Å². The third-order valence-electron chi connectivity index (χ3n) is 2.67. The first kappa shape index (κ1) is 17.0. The van der Waals surface area contributed by atoms with E-state index in [2.05, 4.69) is 67.6 Å². The quantitative estimate of drug-likeness (QED) is 0.431. The number of hydrogen-bond acceptors (Lipinski definition) is 0. The van der Waals surface area contributed by atoms with Gasteiger partial charge in [-0.05, 0) is 24.3 Å². The minimum absolute atomic E-state index is 0.569. The van der Waals surface area contributed by atoms with Gasteiger partial charge < -0.3 is 6.92 Å². The van der Waals surface area contributed by atoms with Gasteiger partial charge in [0, 0.05) is 6.16 Å². The van der Waals surface area contributed by atoms with Crippen LogP contribution >= 0.6 is 28.3 Å². The van der Waals surface area contributed by atoms with E-state index in [0.717, 1.165) is 6.42 Å². The number of halogens is 2. The van der Waals surface area contributed by atoms with Crippen molar-refractivity contribution in [3.63, 3.8) is 0 Å². The van der Waals surface area contributed by atoms with Crippen molar-refractivity contribution in [3.05, 3.63) is 67.6 Å². The molecule has 0 radical (unpaired) electrons. The van der Waals surface area contributed by atoms with Gasteiger partial charge in [-0.2, -0.15) is 0 Å². The van der Waals surface area contributed by atoms with Crippen molar-refractivity contribution >= 4 is 38.9 Å². The van der Waals surface area contributed by atoms with Gasteiger partial charge >= 0.3 is 33.0 Å². The fraction of sp³-hybridized carbons (Fsp3) is 0.133. The second-order valence-electron chi connectivity index (χ2n) is 3.86. The van der Waals surface area contributed by atoms with Crippen LogP contribution in [0.5, 0.6) is 0 Å². The average Bonchev–Trinajstić information content (AvgIpc) is 2.47. The Kier molecular flexibility index (Phi) is 9.57. The van der Waals surface area contributed by atoms with E-state index in [1.807, 2.05) is 0 Å². The summed E-state index contributed by atoms with van der Waals surface area (Å²) in [6.07, 6.45) is 2.22. The molecular formula is C15H17Cl2NiP+. The molecule has 0 aliphatic rings. The molecule has 0 spiro atoms. The van der Waals surface area contributed by atoms with Crippen LogP contribution in [0.15, 0.2) is 60.7 Å². The zero-order chi connectivity index (χ0) is 13.9. The Hall–Kier alpha value is -0.0565. The third-order valence-corrected chi connectivity index (χ3v) is 5.59. The number of hydrogen-bond donors (Lipinski definition) is 0. The normalized spacial score (nSPS) is 10.1. The molecule has 0 heterocycles. The summed E-state index contributed by atoms with van der Waals surface area (Å²) in [5, 5.41) is 2.98. The molecule has 0 aliphatic carbocycles. The maximum absolute atomic E-state index is 4.70. The molecule has 0 fully saturated rings. The van der Waals surface area contributed by atoms with Crippen LogP contribution in [0.3, 0.4) is 0 Å². The molecule has 19 heavy (non-hydrogen) atoms. The monoisotopic (exact) mass is 356 g/mol. The van der Waals surface area contributed by atoms with Crippen molar-refractivity contribution in [2.45, 2.75) is 6.42 Å². The Labute approximate surface area is 131 Å². The molecule has 0 saturated carbocycles. The van der Waals surface area contributed by atoms with Crippen LogP contribution in [0.2, 0.25) is 0 Å². The van der Waals surface area contributed by atoms with Crippen LogP contribution in [0.25, 0.3) is 0 Å². The van der Waals surface area contributed by atoms with E-state index in [4.69, 9.17) is 20.4 Å². The number of rotatable bonds is 4. The molecule has 0 unspecified atom stereocenters. The Morgan fingerprint density at radius 3 is 1.53 bits per heavy atom. The van der Waals surface area contributed by atoms with Gasteiger partial charge in [-0.15, -0.1) is 6.42 Å². The van der Waals surface area contributed by atoms with Crippen molar-refractivity contribution in [2.75, 3.05) is 6.16 Å². The zero-order valence-electron chi connectivity index (χ0n) is 10.5. The summed E-state index contributed by atoms with van der Waals surface area (Å²) in [7, 11) is 8.79. The molecule has 0 bridgehead atoms. The van der Waals surface area contributed by atoms with Crippen molar-refractivity contribution in [3.8, 4) is 0 Å². The van der Waals surface area contributed by atoms with Gasteiger partial charge in [0.1, 0.15) is 0 Å². The molecule has 2 aromatic carbocycles. The van der Waals surface area contributed by atoms with E-state index in [0.29, 0.717) is 12.7 Å². The predicted molar refractivity (Wildman–Crippen MR) is 87.0 cm³/mol. The van der Waals surface area contributed by atoms with E-state index in [1.165, 1.54) is 16.8 Å². The van der Waals surface area contributed by atoms with Crippen LogP contribution in [0.4, 0.5) is 0 Å². The first-order valence-electron chi connectivity index (χ1n) is 5.91. The molecular weight excluding hydrogens is 341 g/mol. The van der Waals surface area contributed by atoms with Gasteiger partial charge in [-0.3, -0.25) is 0 Å². The van der Waals surface area contributed by atoms with Crippen molar-refractivity contribution in [1.29, 1.82) is 0 Å². The van der Waals surface area contributed by atoms with Gasteiger partial charge in [0.25, 0.3) is 0 Å². The number of benzene rings is 2. The second kappa shape index (κ2) is 10.7. The van der Waals surface area contributed by atoms with E-state index >= 15 is 0 Å². The van der Waals surface area contributed by atoms with E-state index < -0.39 is 7.92 Å². The first-order valence-corrected chi connectivity index (χ1v) is 10.3. The van der Waals surface area contributed by atoms with Crippen LogP contribution in [-0.2, 0) is 12.7 Å². The van der Waals surface area contributed by atoms with Gasteiger partial charge in [0.05, 0.1) is 18.5 Å². The molecule has 0 saturated heterocycles. The Balaban J connectivity index is 0.000000550. The van der Waals surface area contributed by atoms with Crippen molar-refractivity contribution < 1.29 is 12.7 Å².